The minimum atomic E-state index is -0.0355. The first-order valence-corrected chi connectivity index (χ1v) is 7.79. The summed E-state index contributed by atoms with van der Waals surface area (Å²) < 4.78 is 1.72. The minimum absolute atomic E-state index is 0.0341. The molecule has 122 valence electrons. The molecule has 2 heterocycles. The zero-order valence-corrected chi connectivity index (χ0v) is 13.6. The maximum Gasteiger partial charge on any atom is 0.270 e. The molecule has 2 rings (SSSR count). The van der Waals surface area contributed by atoms with Gasteiger partial charge in [-0.2, -0.15) is 0 Å². The molecule has 0 aliphatic carbocycles. The van der Waals surface area contributed by atoms with Gasteiger partial charge in [0.1, 0.15) is 5.69 Å². The van der Waals surface area contributed by atoms with Crippen LogP contribution in [0, 0.1) is 0 Å². The fraction of sp³-hybridized carbons (Fsp3) is 0.625. The van der Waals surface area contributed by atoms with Crippen molar-refractivity contribution in [2.75, 3.05) is 32.8 Å². The molecule has 1 aromatic rings. The number of ketones is 1. The molecule has 0 spiro atoms. The summed E-state index contributed by atoms with van der Waals surface area (Å²) in [4.78, 5) is 28.1. The van der Waals surface area contributed by atoms with Crippen LogP contribution in [0.5, 0.6) is 0 Å². The first kappa shape index (κ1) is 16.7. The summed E-state index contributed by atoms with van der Waals surface area (Å²) in [6.45, 7) is 6.56. The fourth-order valence-corrected chi connectivity index (χ4v) is 2.92. The Balaban J connectivity index is 2.02. The van der Waals surface area contributed by atoms with Crippen LogP contribution in [0.2, 0.25) is 0 Å². The lowest BCUT2D eigenvalue weighted by Gasteiger charge is -2.38. The van der Waals surface area contributed by atoms with Crippen LogP contribution in [0.1, 0.15) is 41.1 Å². The van der Waals surface area contributed by atoms with Gasteiger partial charge in [0, 0.05) is 51.0 Å². The standard InChI is InChI=1S/C16H25N3O3/c1-4-14(11-20)18-5-7-19(8-6-18)16(22)15-9-13(12(2)21)10-17(15)3/h9-10,14,20H,4-8,11H2,1-3H3. The Hall–Kier alpha value is -1.66. The average Bonchev–Trinajstić information content (AvgIpc) is 2.91. The Morgan fingerprint density at radius 1 is 1.27 bits per heavy atom. The van der Waals surface area contributed by atoms with Crippen molar-refractivity contribution >= 4 is 11.7 Å². The Kier molecular flexibility index (Phi) is 5.37. The van der Waals surface area contributed by atoms with Gasteiger partial charge in [-0.3, -0.25) is 14.5 Å². The Morgan fingerprint density at radius 3 is 2.36 bits per heavy atom. The molecule has 1 aliphatic rings. The van der Waals surface area contributed by atoms with Gasteiger partial charge >= 0.3 is 0 Å². The molecular weight excluding hydrogens is 282 g/mol. The van der Waals surface area contributed by atoms with Crippen molar-refractivity contribution in [3.8, 4) is 0 Å². The molecule has 1 unspecified atom stereocenters. The van der Waals surface area contributed by atoms with E-state index in [0.29, 0.717) is 24.3 Å². The molecule has 1 atom stereocenters. The van der Waals surface area contributed by atoms with E-state index < -0.39 is 0 Å². The molecule has 6 nitrogen and oxygen atoms in total. The van der Waals surface area contributed by atoms with Crippen molar-refractivity contribution < 1.29 is 14.7 Å². The molecule has 0 radical (unpaired) electrons. The van der Waals surface area contributed by atoms with E-state index in [4.69, 9.17) is 0 Å². The van der Waals surface area contributed by atoms with Crippen LogP contribution in [0.25, 0.3) is 0 Å². The van der Waals surface area contributed by atoms with Crippen LogP contribution < -0.4 is 0 Å². The van der Waals surface area contributed by atoms with Gasteiger partial charge in [-0.05, 0) is 19.4 Å². The molecule has 22 heavy (non-hydrogen) atoms. The molecule has 0 saturated carbocycles. The van der Waals surface area contributed by atoms with E-state index in [2.05, 4.69) is 11.8 Å². The lowest BCUT2D eigenvalue weighted by atomic mass is 10.1. The van der Waals surface area contributed by atoms with Gasteiger partial charge in [-0.25, -0.2) is 0 Å². The van der Waals surface area contributed by atoms with E-state index >= 15 is 0 Å². The maximum atomic E-state index is 12.6. The Morgan fingerprint density at radius 2 is 1.91 bits per heavy atom. The van der Waals surface area contributed by atoms with Crippen molar-refractivity contribution in [2.24, 2.45) is 7.05 Å². The Bertz CT molecular complexity index is 541. The molecule has 6 heteroatoms. The van der Waals surface area contributed by atoms with E-state index in [0.717, 1.165) is 19.5 Å². The zero-order valence-electron chi connectivity index (χ0n) is 13.6. The number of nitrogens with zero attached hydrogens (tertiary/aromatic N) is 3. The van der Waals surface area contributed by atoms with Gasteiger partial charge < -0.3 is 14.6 Å². The third-order valence-electron chi connectivity index (χ3n) is 4.43. The molecule has 1 amide bonds. The number of aliphatic hydroxyl groups is 1. The van der Waals surface area contributed by atoms with Gasteiger partial charge in [0.05, 0.1) is 6.61 Å². The number of aromatic nitrogens is 1. The van der Waals surface area contributed by atoms with E-state index in [1.54, 1.807) is 23.9 Å². The lowest BCUT2D eigenvalue weighted by Crippen LogP contribution is -2.52. The van der Waals surface area contributed by atoms with Crippen molar-refractivity contribution in [2.45, 2.75) is 26.3 Å². The monoisotopic (exact) mass is 307 g/mol. The molecule has 1 aliphatic heterocycles. The maximum absolute atomic E-state index is 12.6. The van der Waals surface area contributed by atoms with Crippen molar-refractivity contribution in [1.29, 1.82) is 0 Å². The summed E-state index contributed by atoms with van der Waals surface area (Å²) in [5, 5.41) is 9.37. The van der Waals surface area contributed by atoms with Crippen LogP contribution in [0.15, 0.2) is 12.3 Å². The zero-order chi connectivity index (χ0) is 16.3. The first-order valence-electron chi connectivity index (χ1n) is 7.79. The second-order valence-corrected chi connectivity index (χ2v) is 5.85. The molecule has 1 fully saturated rings. The average molecular weight is 307 g/mol. The van der Waals surface area contributed by atoms with Crippen molar-refractivity contribution in [3.63, 3.8) is 0 Å². The lowest BCUT2D eigenvalue weighted by molar-refractivity contribution is 0.0465. The van der Waals surface area contributed by atoms with E-state index in [-0.39, 0.29) is 24.3 Å². The predicted octanol–water partition coefficient (Wildman–Crippen LogP) is 0.756. The van der Waals surface area contributed by atoms with Gasteiger partial charge in [0.2, 0.25) is 0 Å². The summed E-state index contributed by atoms with van der Waals surface area (Å²) in [5.41, 5.74) is 1.11. The second-order valence-electron chi connectivity index (χ2n) is 5.85. The SMILES string of the molecule is CCC(CO)N1CCN(C(=O)c2cc(C(C)=O)cn2C)CC1. The second kappa shape index (κ2) is 7.07. The van der Waals surface area contributed by atoms with Gasteiger partial charge in [-0.1, -0.05) is 6.92 Å². The summed E-state index contributed by atoms with van der Waals surface area (Å²) in [5.74, 6) is -0.0695. The highest BCUT2D eigenvalue weighted by Gasteiger charge is 2.27. The molecule has 1 saturated heterocycles. The summed E-state index contributed by atoms with van der Waals surface area (Å²) in [6.07, 6.45) is 2.61. The van der Waals surface area contributed by atoms with E-state index in [1.807, 2.05) is 4.90 Å². The fourth-order valence-electron chi connectivity index (χ4n) is 2.92. The summed E-state index contributed by atoms with van der Waals surface area (Å²) in [6, 6.07) is 1.84. The summed E-state index contributed by atoms with van der Waals surface area (Å²) >= 11 is 0. The van der Waals surface area contributed by atoms with E-state index in [1.165, 1.54) is 6.92 Å². The Labute approximate surface area is 131 Å². The number of amides is 1. The van der Waals surface area contributed by atoms with Gasteiger partial charge in [0.15, 0.2) is 5.78 Å². The highest BCUT2D eigenvalue weighted by atomic mass is 16.3. The highest BCUT2D eigenvalue weighted by Crippen LogP contribution is 2.14. The van der Waals surface area contributed by atoms with Gasteiger partial charge in [-0.15, -0.1) is 0 Å². The number of rotatable bonds is 5. The third kappa shape index (κ3) is 3.39. The molecule has 1 aromatic heterocycles. The number of hydrogen-bond donors (Lipinski definition) is 1. The number of piperazine rings is 1. The number of aliphatic hydroxyl groups excluding tert-OH is 1. The van der Waals surface area contributed by atoms with Crippen molar-refractivity contribution in [1.82, 2.24) is 14.4 Å². The quantitative estimate of drug-likeness (QED) is 0.816. The van der Waals surface area contributed by atoms with Crippen LogP contribution >= 0.6 is 0 Å². The van der Waals surface area contributed by atoms with Crippen molar-refractivity contribution in [3.05, 3.63) is 23.5 Å². The number of carbonyl (C=O) groups excluding carboxylic acids is 2. The molecule has 0 aromatic carbocycles. The third-order valence-corrected chi connectivity index (χ3v) is 4.43. The molecular formula is C16H25N3O3. The topological polar surface area (TPSA) is 65.8 Å². The molecule has 0 bridgehead atoms. The predicted molar refractivity (Wildman–Crippen MR) is 84.1 cm³/mol. The number of hydrogen-bond acceptors (Lipinski definition) is 4. The largest absolute Gasteiger partial charge is 0.395 e. The summed E-state index contributed by atoms with van der Waals surface area (Å²) in [7, 11) is 1.79. The number of carbonyl (C=O) groups is 2. The normalized spacial score (nSPS) is 17.5. The van der Waals surface area contributed by atoms with Crippen LogP contribution in [-0.2, 0) is 7.05 Å². The highest BCUT2D eigenvalue weighted by molar-refractivity contribution is 5.99. The number of aryl methyl sites for hydroxylation is 1. The first-order chi connectivity index (χ1) is 10.5. The number of Topliss-reactive ketones (excluding diaryl/α,β-unsaturated/α-hetero) is 1. The smallest absolute Gasteiger partial charge is 0.270 e. The van der Waals surface area contributed by atoms with Crippen LogP contribution in [0.3, 0.4) is 0 Å². The van der Waals surface area contributed by atoms with Gasteiger partial charge in [0.25, 0.3) is 5.91 Å². The van der Waals surface area contributed by atoms with Crippen LogP contribution in [-0.4, -0.2) is 70.0 Å². The molecule has 1 N–H and O–H groups in total. The van der Waals surface area contributed by atoms with Crippen LogP contribution in [0.4, 0.5) is 0 Å². The van der Waals surface area contributed by atoms with E-state index in [9.17, 15) is 14.7 Å². The minimum Gasteiger partial charge on any atom is -0.395 e.